The van der Waals surface area contributed by atoms with E-state index in [4.69, 9.17) is 4.74 Å². The van der Waals surface area contributed by atoms with Gasteiger partial charge in [0.2, 0.25) is 11.8 Å². The van der Waals surface area contributed by atoms with Crippen molar-refractivity contribution in [1.82, 2.24) is 35.4 Å². The minimum Gasteiger partial charge on any atom is -0.453 e. The maximum absolute atomic E-state index is 13.3. The van der Waals surface area contributed by atoms with E-state index in [0.29, 0.717) is 19.6 Å². The molecule has 5 aromatic rings. The van der Waals surface area contributed by atoms with Gasteiger partial charge in [-0.05, 0) is 85.9 Å². The lowest BCUT2D eigenvalue weighted by Gasteiger charge is -2.30. The fraction of sp³-hybridized carbons (Fsp3) is 0.467. The fourth-order valence-corrected chi connectivity index (χ4v) is 8.88. The molecule has 0 spiro atoms. The molecule has 0 unspecified atom stereocenters. The van der Waals surface area contributed by atoms with Crippen LogP contribution in [0, 0.1) is 25.7 Å². The molecular weight excluding hydrogens is 909 g/mol. The molecule has 2 fully saturated rings. The molecule has 4 N–H and O–H groups in total. The molecule has 2 aliphatic rings. The summed E-state index contributed by atoms with van der Waals surface area (Å²) in [6, 6.07) is 17.7. The number of H-pyrrole nitrogens is 1. The van der Waals surface area contributed by atoms with Gasteiger partial charge < -0.3 is 40.2 Å². The van der Waals surface area contributed by atoms with Gasteiger partial charge >= 0.3 is 12.2 Å². The first-order chi connectivity index (χ1) is 28.8. The molecule has 0 bridgehead atoms. The Hall–Kier alpha value is -4.30. The lowest BCUT2D eigenvalue weighted by Crippen LogP contribution is -2.53. The second kappa shape index (κ2) is 25.4. The third-order valence-electron chi connectivity index (χ3n) is 11.2. The lowest BCUT2D eigenvalue weighted by molar-refractivity contribution is -0.136. The van der Waals surface area contributed by atoms with Crippen LogP contribution in [0.15, 0.2) is 60.8 Å². The zero-order chi connectivity index (χ0) is 43.1. The average molecular weight is 975 g/mol. The van der Waals surface area contributed by atoms with Crippen molar-refractivity contribution in [2.75, 3.05) is 39.2 Å². The molecule has 64 heavy (non-hydrogen) atoms. The molecule has 4 heterocycles. The summed E-state index contributed by atoms with van der Waals surface area (Å²) in [5.41, 5.74) is 5.42. The lowest BCUT2D eigenvalue weighted by atomic mass is 10.0. The third-order valence-corrected chi connectivity index (χ3v) is 12.2. The molecule has 2 saturated heterocycles. The van der Waals surface area contributed by atoms with Gasteiger partial charge in [-0.15, -0.1) is 0 Å². The van der Waals surface area contributed by atoms with E-state index in [0.717, 1.165) is 58.1 Å². The highest BCUT2D eigenvalue weighted by molar-refractivity contribution is 7.59. The number of carbonyl (C=O) groups is 4. The van der Waals surface area contributed by atoms with Gasteiger partial charge in [-0.3, -0.25) is 9.59 Å². The number of aromatic amines is 1. The summed E-state index contributed by atoms with van der Waals surface area (Å²) < 4.78 is 10.5. The van der Waals surface area contributed by atoms with Gasteiger partial charge in [-0.1, -0.05) is 81.0 Å². The summed E-state index contributed by atoms with van der Waals surface area (Å²) in [5, 5.41) is 12.0. The molecule has 4 atom stereocenters. The Balaban J connectivity index is 0.000000418. The van der Waals surface area contributed by atoms with Crippen molar-refractivity contribution in [2.24, 2.45) is 11.8 Å². The monoisotopic (exact) mass is 974 g/mol. The third kappa shape index (κ3) is 13.6. The molecule has 3 aromatic carbocycles. The summed E-state index contributed by atoms with van der Waals surface area (Å²) >= 11 is 1.63. The number of alkyl carbamates (subject to hydrolysis) is 2. The van der Waals surface area contributed by atoms with Crippen molar-refractivity contribution in [3.05, 3.63) is 77.7 Å². The van der Waals surface area contributed by atoms with Gasteiger partial charge in [0, 0.05) is 31.2 Å². The first-order valence-corrected chi connectivity index (χ1v) is 21.5. The van der Waals surface area contributed by atoms with E-state index in [-0.39, 0.29) is 89.7 Å². The number of aryl methyl sites for hydroxylation is 2. The van der Waals surface area contributed by atoms with Crippen molar-refractivity contribution in [2.45, 2.75) is 91.4 Å². The molecular formula is C45H66N8O6S5. The van der Waals surface area contributed by atoms with E-state index in [1.165, 1.54) is 36.1 Å². The highest BCUT2D eigenvalue weighted by Gasteiger charge is 2.38. The molecule has 4 amide bonds. The van der Waals surface area contributed by atoms with Crippen molar-refractivity contribution < 1.29 is 28.7 Å². The van der Waals surface area contributed by atoms with E-state index < -0.39 is 24.3 Å². The summed E-state index contributed by atoms with van der Waals surface area (Å²) in [6.07, 6.45) is 4.28. The second-order valence-corrected chi connectivity index (χ2v) is 17.4. The minimum atomic E-state index is -0.638. The fourth-order valence-electron chi connectivity index (χ4n) is 7.91. The van der Waals surface area contributed by atoms with E-state index in [1.807, 2.05) is 49.8 Å². The van der Waals surface area contributed by atoms with Crippen LogP contribution in [0.1, 0.15) is 76.4 Å². The average Bonchev–Trinajstić information content (AvgIpc) is 4.07. The number of aromatic nitrogens is 3. The minimum absolute atomic E-state index is 0. The van der Waals surface area contributed by atoms with Gasteiger partial charge in [-0.25, -0.2) is 19.6 Å². The highest BCUT2D eigenvalue weighted by Crippen LogP contribution is 2.34. The van der Waals surface area contributed by atoms with Crippen LogP contribution in [0.4, 0.5) is 14.7 Å². The molecule has 7 rings (SSSR count). The second-order valence-electron chi connectivity index (χ2n) is 16.4. The Labute approximate surface area is 408 Å². The Kier molecular flexibility index (Phi) is 22.2. The van der Waals surface area contributed by atoms with Crippen molar-refractivity contribution in [3.63, 3.8) is 0 Å². The molecule has 0 saturated carbocycles. The largest absolute Gasteiger partial charge is 0.453 e. The van der Waals surface area contributed by atoms with E-state index in [2.05, 4.69) is 98.0 Å². The standard InChI is InChI=1S/C25H30N4O3.C20H28N4O3S.4H2S/c1-15(2)22(28-25(31)32-4)24(30)29-11-5-6-21(29)23-26-14-20(27-23)19-10-9-17-12-16(3)7-8-18(17)13-19;1-12(2)17(23-20(26)27-4)18(25)24-9-5-6-14(24)11-21-19-22-15-8-7-13(3)10-16(15)28-19;;;;/h7-10,12-15,21-22H,5-6,11H2,1-4H3,(H,26,27)(H,28,31);7-8,10,12,14,17H,5-6,9,11H2,1-4H3,(H,21,22)(H,23,26);4*1H2/t21-,22-;14-,17-;;;;/m00..../s1. The number of fused-ring (bicyclic) bond motifs is 2. The topological polar surface area (TPSA) is 171 Å². The number of nitrogens with zero attached hydrogens (tertiary/aromatic N) is 4. The van der Waals surface area contributed by atoms with E-state index in [9.17, 15) is 19.2 Å². The molecule has 0 aliphatic carbocycles. The summed E-state index contributed by atoms with van der Waals surface area (Å²) in [4.78, 5) is 66.1. The number of imidazole rings is 1. The first-order valence-electron chi connectivity index (χ1n) is 20.7. The molecule has 19 heteroatoms. The van der Waals surface area contributed by atoms with Crippen LogP contribution >= 0.6 is 65.3 Å². The molecule has 14 nitrogen and oxygen atoms in total. The van der Waals surface area contributed by atoms with Crippen LogP contribution in [-0.4, -0.2) is 101 Å². The van der Waals surface area contributed by atoms with Crippen molar-refractivity contribution in [1.29, 1.82) is 0 Å². The summed E-state index contributed by atoms with van der Waals surface area (Å²) in [6.45, 7) is 13.8. The quantitative estimate of drug-likeness (QED) is 0.102. The Morgan fingerprint density at radius 2 is 1.33 bits per heavy atom. The number of rotatable bonds is 11. The number of likely N-dealkylation sites (tertiary alicyclic amines) is 2. The van der Waals surface area contributed by atoms with Crippen molar-refractivity contribution in [3.8, 4) is 11.3 Å². The van der Waals surface area contributed by atoms with Crippen LogP contribution in [0.25, 0.3) is 32.2 Å². The van der Waals surface area contributed by atoms with Crippen LogP contribution in [-0.2, 0) is 19.1 Å². The molecule has 0 radical (unpaired) electrons. The maximum atomic E-state index is 13.3. The van der Waals surface area contributed by atoms with E-state index in [1.54, 1.807) is 11.3 Å². The van der Waals surface area contributed by atoms with Gasteiger partial charge in [0.15, 0.2) is 5.13 Å². The van der Waals surface area contributed by atoms with Crippen LogP contribution in [0.3, 0.4) is 0 Å². The maximum Gasteiger partial charge on any atom is 0.407 e. The number of carbonyl (C=O) groups excluding carboxylic acids is 4. The Morgan fingerprint density at radius 3 is 1.97 bits per heavy atom. The summed E-state index contributed by atoms with van der Waals surface area (Å²) in [7, 11) is 2.60. The Morgan fingerprint density at radius 1 is 0.766 bits per heavy atom. The predicted octanol–water partition coefficient (Wildman–Crippen LogP) is 8.42. The van der Waals surface area contributed by atoms with Crippen LogP contribution in [0.5, 0.6) is 0 Å². The number of methoxy groups -OCH3 is 2. The summed E-state index contributed by atoms with van der Waals surface area (Å²) in [5.74, 6) is 0.538. The van der Waals surface area contributed by atoms with Crippen LogP contribution in [0.2, 0.25) is 0 Å². The van der Waals surface area contributed by atoms with Crippen LogP contribution < -0.4 is 16.0 Å². The smallest absolute Gasteiger partial charge is 0.407 e. The number of anilines is 1. The number of ether oxygens (including phenoxy) is 2. The van der Waals surface area contributed by atoms with Gasteiger partial charge in [0.25, 0.3) is 0 Å². The van der Waals surface area contributed by atoms with Gasteiger partial charge in [0.05, 0.1) is 42.4 Å². The number of hydrogen-bond acceptors (Lipinski definition) is 10. The van der Waals surface area contributed by atoms with Gasteiger partial charge in [-0.2, -0.15) is 54.0 Å². The first kappa shape index (κ1) is 55.8. The normalized spacial score (nSPS) is 16.3. The van der Waals surface area contributed by atoms with E-state index >= 15 is 0 Å². The Bertz CT molecular complexity index is 2320. The SMILES string of the molecule is COC(=O)N[C@H](C(=O)N1CCC[C@H]1CNc1nc2ccc(C)cc2s1)C(C)C.COC(=O)N[C@H](C(=O)N1CCC[C@H]1c1ncc(-c2ccc3cc(C)ccc3c2)[nH]1)C(C)C.S.S.S.S. The number of nitrogens with one attached hydrogen (secondary N) is 4. The molecule has 352 valence electrons. The number of benzene rings is 3. The van der Waals surface area contributed by atoms with Crippen molar-refractivity contribution >= 4 is 115 Å². The molecule has 2 aliphatic heterocycles. The highest BCUT2D eigenvalue weighted by atomic mass is 32.1. The predicted molar refractivity (Wildman–Crippen MR) is 277 cm³/mol. The number of hydrogen-bond donors (Lipinski definition) is 4. The zero-order valence-corrected chi connectivity index (χ0v) is 42.7. The number of amides is 4. The van der Waals surface area contributed by atoms with Gasteiger partial charge in [0.1, 0.15) is 17.9 Å². The molecule has 2 aromatic heterocycles. The zero-order valence-electron chi connectivity index (χ0n) is 37.8. The number of thiazole rings is 1.